The minimum Gasteiger partial charge on any atom is -0.320 e. The van der Waals surface area contributed by atoms with E-state index >= 15 is 0 Å². The molecule has 1 spiro atoms. The van der Waals surface area contributed by atoms with E-state index in [0.717, 1.165) is 44.3 Å². The Morgan fingerprint density at radius 2 is 1.67 bits per heavy atom. The average Bonchev–Trinajstić information content (AvgIpc) is 2.93. The fraction of sp³-hybridized carbons (Fsp3) is 0.435. The first-order valence-corrected chi connectivity index (χ1v) is 9.91. The Morgan fingerprint density at radius 1 is 1.00 bits per heavy atom. The van der Waals surface area contributed by atoms with Gasteiger partial charge in [-0.05, 0) is 50.0 Å². The number of carbonyl (C=O) groups is 1. The lowest BCUT2D eigenvalue weighted by atomic mass is 9.70. The maximum Gasteiger partial charge on any atom is 0.238 e. The molecule has 0 unspecified atom stereocenters. The summed E-state index contributed by atoms with van der Waals surface area (Å²) in [6.45, 7) is 0.887. The van der Waals surface area contributed by atoms with Gasteiger partial charge in [-0.1, -0.05) is 67.8 Å². The van der Waals surface area contributed by atoms with Crippen LogP contribution in [0.1, 0.15) is 55.7 Å². The lowest BCUT2D eigenvalue weighted by Crippen LogP contribution is -2.43. The SMILES string of the molecule is CNCC[C@H](c1ccccc1)N1C(=O)C2(CCCCC2)c2ccccc21.Cl. The monoisotopic (exact) mass is 384 g/mol. The second-order valence-electron chi connectivity index (χ2n) is 7.65. The van der Waals surface area contributed by atoms with Gasteiger partial charge in [0.25, 0.3) is 0 Å². The molecule has 144 valence electrons. The van der Waals surface area contributed by atoms with Gasteiger partial charge in [-0.3, -0.25) is 4.79 Å². The van der Waals surface area contributed by atoms with Crippen LogP contribution < -0.4 is 10.2 Å². The third-order valence-corrected chi connectivity index (χ3v) is 6.18. The molecule has 2 aliphatic rings. The summed E-state index contributed by atoms with van der Waals surface area (Å²) >= 11 is 0. The molecule has 4 rings (SSSR count). The van der Waals surface area contributed by atoms with E-state index in [1.165, 1.54) is 17.5 Å². The molecule has 1 saturated carbocycles. The van der Waals surface area contributed by atoms with Crippen molar-refractivity contribution in [2.45, 2.75) is 50.0 Å². The number of hydrogen-bond acceptors (Lipinski definition) is 2. The van der Waals surface area contributed by atoms with Gasteiger partial charge in [-0.15, -0.1) is 12.4 Å². The number of anilines is 1. The zero-order valence-electron chi connectivity index (χ0n) is 16.0. The fourth-order valence-corrected chi connectivity index (χ4v) is 4.89. The number of benzene rings is 2. The van der Waals surface area contributed by atoms with Gasteiger partial charge < -0.3 is 10.2 Å². The Kier molecular flexibility index (Phi) is 6.23. The van der Waals surface area contributed by atoms with Crippen molar-refractivity contribution in [2.24, 2.45) is 0 Å². The van der Waals surface area contributed by atoms with Crippen LogP contribution in [0.4, 0.5) is 5.69 Å². The van der Waals surface area contributed by atoms with E-state index in [2.05, 4.69) is 58.7 Å². The van der Waals surface area contributed by atoms with Crippen molar-refractivity contribution in [2.75, 3.05) is 18.5 Å². The molecule has 0 bridgehead atoms. The van der Waals surface area contributed by atoms with Gasteiger partial charge in [0.15, 0.2) is 0 Å². The van der Waals surface area contributed by atoms with Crippen molar-refractivity contribution < 1.29 is 4.79 Å². The third kappa shape index (κ3) is 3.39. The number of hydrogen-bond donors (Lipinski definition) is 1. The number of carbonyl (C=O) groups excluding carboxylic acids is 1. The van der Waals surface area contributed by atoms with Gasteiger partial charge in [0.05, 0.1) is 11.5 Å². The van der Waals surface area contributed by atoms with Crippen LogP contribution in [0.5, 0.6) is 0 Å². The van der Waals surface area contributed by atoms with Crippen LogP contribution in [0.3, 0.4) is 0 Å². The molecule has 1 atom stereocenters. The zero-order valence-corrected chi connectivity index (χ0v) is 16.8. The summed E-state index contributed by atoms with van der Waals surface area (Å²) in [4.78, 5) is 15.9. The molecule has 0 aromatic heterocycles. The van der Waals surface area contributed by atoms with Crippen LogP contribution >= 0.6 is 12.4 Å². The van der Waals surface area contributed by atoms with Crippen LogP contribution in [0, 0.1) is 0 Å². The first kappa shape index (κ1) is 19.9. The number of nitrogens with zero attached hydrogens (tertiary/aromatic N) is 1. The Balaban J connectivity index is 0.00000210. The fourth-order valence-electron chi connectivity index (χ4n) is 4.89. The van der Waals surface area contributed by atoms with Crippen LogP contribution in [-0.2, 0) is 10.2 Å². The van der Waals surface area contributed by atoms with E-state index < -0.39 is 0 Å². The normalized spacial score (nSPS) is 18.9. The molecule has 0 radical (unpaired) electrons. The predicted molar refractivity (Wildman–Crippen MR) is 114 cm³/mol. The second kappa shape index (κ2) is 8.45. The number of fused-ring (bicyclic) bond motifs is 2. The quantitative estimate of drug-likeness (QED) is 0.786. The van der Waals surface area contributed by atoms with Crippen molar-refractivity contribution in [3.63, 3.8) is 0 Å². The smallest absolute Gasteiger partial charge is 0.238 e. The molecular formula is C23H29ClN2O. The van der Waals surface area contributed by atoms with Crippen molar-refractivity contribution in [1.29, 1.82) is 0 Å². The molecule has 1 fully saturated rings. The van der Waals surface area contributed by atoms with Crippen molar-refractivity contribution in [3.05, 3.63) is 65.7 Å². The van der Waals surface area contributed by atoms with E-state index in [0.29, 0.717) is 5.91 Å². The van der Waals surface area contributed by atoms with Crippen LogP contribution in [0.25, 0.3) is 0 Å². The van der Waals surface area contributed by atoms with Crippen LogP contribution in [0.2, 0.25) is 0 Å². The molecule has 1 N–H and O–H groups in total. The Labute approximate surface area is 168 Å². The third-order valence-electron chi connectivity index (χ3n) is 6.18. The predicted octanol–water partition coefficient (Wildman–Crippen LogP) is 5.01. The van der Waals surface area contributed by atoms with Crippen molar-refractivity contribution in [3.8, 4) is 0 Å². The number of rotatable bonds is 5. The van der Waals surface area contributed by atoms with Gasteiger partial charge in [0.2, 0.25) is 5.91 Å². The highest BCUT2D eigenvalue weighted by Gasteiger charge is 2.52. The maximum absolute atomic E-state index is 13.8. The molecule has 27 heavy (non-hydrogen) atoms. The lowest BCUT2D eigenvalue weighted by molar-refractivity contribution is -0.124. The van der Waals surface area contributed by atoms with Gasteiger partial charge in [0, 0.05) is 5.69 Å². The number of nitrogens with one attached hydrogen (secondary N) is 1. The van der Waals surface area contributed by atoms with Gasteiger partial charge in [0.1, 0.15) is 0 Å². The molecule has 4 heteroatoms. The molecule has 1 amide bonds. The van der Waals surface area contributed by atoms with E-state index in [9.17, 15) is 4.79 Å². The van der Waals surface area contributed by atoms with Crippen molar-refractivity contribution >= 4 is 24.0 Å². The van der Waals surface area contributed by atoms with Crippen molar-refractivity contribution in [1.82, 2.24) is 5.32 Å². The number of halogens is 1. The number of amides is 1. The Hall–Kier alpha value is -1.84. The summed E-state index contributed by atoms with van der Waals surface area (Å²) in [5.41, 5.74) is 3.32. The van der Waals surface area contributed by atoms with Crippen LogP contribution in [-0.4, -0.2) is 19.5 Å². The van der Waals surface area contributed by atoms with Crippen LogP contribution in [0.15, 0.2) is 54.6 Å². The Bertz CT molecular complexity index is 771. The first-order chi connectivity index (χ1) is 12.8. The standard InChI is InChI=1S/C23H28N2O.ClH/c1-24-17-14-20(18-10-4-2-5-11-18)25-21-13-7-6-12-19(21)23(22(25)26)15-8-3-9-16-23;/h2,4-7,10-13,20,24H,3,8-9,14-17H2,1H3;1H/t20-;/m1./s1. The molecule has 1 aliphatic carbocycles. The molecule has 1 aliphatic heterocycles. The Morgan fingerprint density at radius 3 is 2.37 bits per heavy atom. The summed E-state index contributed by atoms with van der Waals surface area (Å²) < 4.78 is 0. The topological polar surface area (TPSA) is 32.3 Å². The van der Waals surface area contributed by atoms with Gasteiger partial charge in [-0.2, -0.15) is 0 Å². The molecular weight excluding hydrogens is 356 g/mol. The average molecular weight is 385 g/mol. The zero-order chi connectivity index (χ0) is 18.0. The summed E-state index contributed by atoms with van der Waals surface area (Å²) in [6, 6.07) is 19.1. The summed E-state index contributed by atoms with van der Waals surface area (Å²) in [7, 11) is 1.98. The summed E-state index contributed by atoms with van der Waals surface area (Å²) in [6.07, 6.45) is 6.45. The molecule has 0 saturated heterocycles. The lowest BCUT2D eigenvalue weighted by Gasteiger charge is -2.35. The number of para-hydroxylation sites is 1. The van der Waals surface area contributed by atoms with E-state index in [1.807, 2.05) is 13.1 Å². The van der Waals surface area contributed by atoms with E-state index in [1.54, 1.807) is 0 Å². The minimum absolute atomic E-state index is 0. The molecule has 2 aromatic rings. The van der Waals surface area contributed by atoms with Gasteiger partial charge in [-0.25, -0.2) is 0 Å². The molecule has 2 aromatic carbocycles. The largest absolute Gasteiger partial charge is 0.320 e. The minimum atomic E-state index is -0.290. The maximum atomic E-state index is 13.8. The highest BCUT2D eigenvalue weighted by molar-refractivity contribution is 6.08. The van der Waals surface area contributed by atoms with E-state index in [4.69, 9.17) is 0 Å². The highest BCUT2D eigenvalue weighted by Crippen LogP contribution is 2.52. The highest BCUT2D eigenvalue weighted by atomic mass is 35.5. The molecule has 3 nitrogen and oxygen atoms in total. The summed E-state index contributed by atoms with van der Waals surface area (Å²) in [5.74, 6) is 0.323. The van der Waals surface area contributed by atoms with Gasteiger partial charge >= 0.3 is 0 Å². The summed E-state index contributed by atoms with van der Waals surface area (Å²) in [5, 5.41) is 3.26. The second-order valence-corrected chi connectivity index (χ2v) is 7.65. The first-order valence-electron chi connectivity index (χ1n) is 9.91. The molecule has 1 heterocycles. The van der Waals surface area contributed by atoms with E-state index in [-0.39, 0.29) is 23.9 Å².